The van der Waals surface area contributed by atoms with Crippen molar-refractivity contribution in [1.82, 2.24) is 14.8 Å². The van der Waals surface area contributed by atoms with Gasteiger partial charge in [0.15, 0.2) is 0 Å². The molecule has 12 nitrogen and oxygen atoms in total. The summed E-state index contributed by atoms with van der Waals surface area (Å²) in [7, 11) is 1.43. The molecule has 37 heavy (non-hydrogen) atoms. The lowest BCUT2D eigenvalue weighted by Crippen LogP contribution is -2.51. The zero-order valence-electron chi connectivity index (χ0n) is 20.8. The van der Waals surface area contributed by atoms with Crippen LogP contribution >= 0.6 is 0 Å². The first-order chi connectivity index (χ1) is 17.8. The van der Waals surface area contributed by atoms with Gasteiger partial charge in [-0.25, -0.2) is 9.78 Å². The Balaban J connectivity index is 1.75. The summed E-state index contributed by atoms with van der Waals surface area (Å²) in [5.41, 5.74) is 7.15. The average Bonchev–Trinajstić information content (AvgIpc) is 3.72. The van der Waals surface area contributed by atoms with Crippen molar-refractivity contribution in [2.75, 3.05) is 46.5 Å². The highest BCUT2D eigenvalue weighted by Gasteiger charge is 2.38. The highest BCUT2D eigenvalue weighted by molar-refractivity contribution is 6.07. The van der Waals surface area contributed by atoms with Crippen LogP contribution in [0.2, 0.25) is 0 Å². The summed E-state index contributed by atoms with van der Waals surface area (Å²) in [6.45, 7) is 3.49. The van der Waals surface area contributed by atoms with Gasteiger partial charge in [0.25, 0.3) is 0 Å². The number of benzene rings is 1. The first kappa shape index (κ1) is 26.1. The maximum absolute atomic E-state index is 13.8. The van der Waals surface area contributed by atoms with Crippen LogP contribution in [-0.4, -0.2) is 90.3 Å². The Morgan fingerprint density at radius 1 is 1.19 bits per heavy atom. The van der Waals surface area contributed by atoms with E-state index in [0.29, 0.717) is 36.2 Å². The number of epoxide rings is 1. The summed E-state index contributed by atoms with van der Waals surface area (Å²) >= 11 is 0. The summed E-state index contributed by atoms with van der Waals surface area (Å²) in [5.74, 6) is -2.66. The molecule has 0 bridgehead atoms. The quantitative estimate of drug-likeness (QED) is 0.473. The third kappa shape index (κ3) is 5.43. The number of carboxylic acids is 1. The number of pyridine rings is 1. The molecule has 2 saturated heterocycles. The monoisotopic (exact) mass is 514 g/mol. The Morgan fingerprint density at radius 2 is 1.86 bits per heavy atom. The van der Waals surface area contributed by atoms with E-state index in [4.69, 9.17) is 24.9 Å². The van der Waals surface area contributed by atoms with Gasteiger partial charge in [-0.05, 0) is 25.5 Å². The molecule has 0 saturated carbocycles. The van der Waals surface area contributed by atoms with E-state index in [1.165, 1.54) is 12.0 Å². The summed E-state index contributed by atoms with van der Waals surface area (Å²) < 4.78 is 16.3. The minimum atomic E-state index is -1.05. The second kappa shape index (κ2) is 11.0. The molecule has 2 aliphatic heterocycles. The van der Waals surface area contributed by atoms with Crippen molar-refractivity contribution in [3.05, 3.63) is 35.0 Å². The fraction of sp³-hybridized carbons (Fsp3) is 0.480. The van der Waals surface area contributed by atoms with Crippen molar-refractivity contribution >= 4 is 34.8 Å². The van der Waals surface area contributed by atoms with Gasteiger partial charge in [-0.15, -0.1) is 0 Å². The Kier molecular flexibility index (Phi) is 7.77. The van der Waals surface area contributed by atoms with Gasteiger partial charge in [0.2, 0.25) is 11.8 Å². The van der Waals surface area contributed by atoms with E-state index in [1.807, 2.05) is 0 Å². The molecule has 2 unspecified atom stereocenters. The number of nitrogens with zero attached hydrogens (tertiary/aromatic N) is 3. The van der Waals surface area contributed by atoms with Crippen LogP contribution in [0.5, 0.6) is 5.75 Å². The highest BCUT2D eigenvalue weighted by Crippen LogP contribution is 2.45. The fourth-order valence-electron chi connectivity index (χ4n) is 4.72. The van der Waals surface area contributed by atoms with E-state index >= 15 is 0 Å². The zero-order valence-corrected chi connectivity index (χ0v) is 20.8. The van der Waals surface area contributed by atoms with Crippen LogP contribution in [0.25, 0.3) is 10.9 Å². The van der Waals surface area contributed by atoms with Crippen molar-refractivity contribution in [3.8, 4) is 5.75 Å². The zero-order chi connectivity index (χ0) is 26.7. The van der Waals surface area contributed by atoms with Crippen LogP contribution < -0.4 is 10.5 Å². The number of ether oxygens (including phenoxy) is 3. The van der Waals surface area contributed by atoms with E-state index in [0.717, 1.165) is 0 Å². The van der Waals surface area contributed by atoms with Gasteiger partial charge in [-0.2, -0.15) is 0 Å². The van der Waals surface area contributed by atoms with E-state index < -0.39 is 23.9 Å². The molecule has 2 aromatic rings. The van der Waals surface area contributed by atoms with Crippen molar-refractivity contribution in [2.45, 2.75) is 31.8 Å². The second-order valence-electron chi connectivity index (χ2n) is 8.83. The Bertz CT molecular complexity index is 1220. The minimum absolute atomic E-state index is 0.0123. The normalized spacial score (nSPS) is 17.8. The lowest BCUT2D eigenvalue weighted by Gasteiger charge is -2.36. The lowest BCUT2D eigenvalue weighted by molar-refractivity contribution is -0.138. The molecular formula is C25H30N4O8. The van der Waals surface area contributed by atoms with Crippen LogP contribution in [0.1, 0.15) is 53.4 Å². The summed E-state index contributed by atoms with van der Waals surface area (Å²) in [4.78, 5) is 57.4. The van der Waals surface area contributed by atoms with E-state index in [2.05, 4.69) is 0 Å². The third-order valence-electron chi connectivity index (χ3n) is 6.55. The molecule has 1 aromatic carbocycles. The summed E-state index contributed by atoms with van der Waals surface area (Å²) in [5, 5.41) is 9.88. The molecule has 0 aliphatic carbocycles. The average molecular weight is 515 g/mol. The number of amides is 3. The van der Waals surface area contributed by atoms with Gasteiger partial charge in [0.05, 0.1) is 37.5 Å². The molecule has 2 fully saturated rings. The van der Waals surface area contributed by atoms with Crippen molar-refractivity contribution < 1.29 is 38.5 Å². The molecular weight excluding hydrogens is 484 g/mol. The number of carbonyl (C=O) groups excluding carboxylic acids is 3. The van der Waals surface area contributed by atoms with Crippen molar-refractivity contribution in [3.63, 3.8) is 0 Å². The number of fused-ring (bicyclic) bond motifs is 1. The third-order valence-corrected chi connectivity index (χ3v) is 6.55. The number of aliphatic carboxylic acids is 1. The molecule has 4 rings (SSSR count). The molecule has 1 aromatic heterocycles. The summed E-state index contributed by atoms with van der Waals surface area (Å²) in [6, 6.07) is 4.94. The van der Waals surface area contributed by atoms with Crippen LogP contribution in [0.15, 0.2) is 18.2 Å². The molecule has 12 heteroatoms. The maximum Gasteiger partial charge on any atom is 0.409 e. The molecule has 2 atom stereocenters. The summed E-state index contributed by atoms with van der Waals surface area (Å²) in [6.07, 6.45) is -1.09. The van der Waals surface area contributed by atoms with Crippen molar-refractivity contribution in [1.29, 1.82) is 0 Å². The Labute approximate surface area is 213 Å². The number of hydrogen-bond donors (Lipinski definition) is 2. The molecule has 3 heterocycles. The SMILES string of the molecule is CCOC(=O)N1CCN(C(=O)C(CCC(=O)O)c2nc3cccc(C(N)=O)c3c(C3CO3)c2OC)CC1. The second-order valence-corrected chi connectivity index (χ2v) is 8.83. The van der Waals surface area contributed by atoms with Crippen molar-refractivity contribution in [2.24, 2.45) is 5.73 Å². The number of carboxylic acid groups (broad SMARTS) is 1. The number of rotatable bonds is 9. The highest BCUT2D eigenvalue weighted by atomic mass is 16.6. The predicted molar refractivity (Wildman–Crippen MR) is 130 cm³/mol. The van der Waals surface area contributed by atoms with Crippen LogP contribution in [-0.2, 0) is 19.1 Å². The molecule has 0 radical (unpaired) electrons. The number of nitrogens with two attached hydrogens (primary N) is 1. The van der Waals surface area contributed by atoms with Crippen LogP contribution in [0.3, 0.4) is 0 Å². The first-order valence-corrected chi connectivity index (χ1v) is 12.1. The maximum atomic E-state index is 13.8. The number of piperazine rings is 1. The Morgan fingerprint density at radius 3 is 2.43 bits per heavy atom. The predicted octanol–water partition coefficient (Wildman–Crippen LogP) is 1.66. The van der Waals surface area contributed by atoms with Gasteiger partial charge in [-0.3, -0.25) is 14.4 Å². The van der Waals surface area contributed by atoms with E-state index in [-0.39, 0.29) is 61.6 Å². The van der Waals surface area contributed by atoms with E-state index in [9.17, 15) is 24.3 Å². The number of aromatic nitrogens is 1. The standard InChI is InChI=1S/C25H30N4O8/c1-3-36-25(34)29-11-9-28(10-12-29)24(33)15(7-8-18(30)31)21-22(35-2)20(17-13-37-17)19-14(23(26)32)5-4-6-16(19)27-21/h4-6,15,17H,3,7-13H2,1-2H3,(H2,26,32)(H,30,31). The smallest absolute Gasteiger partial charge is 0.409 e. The number of carbonyl (C=O) groups is 4. The van der Waals surface area contributed by atoms with Gasteiger partial charge in [0, 0.05) is 49.1 Å². The van der Waals surface area contributed by atoms with Crippen LogP contribution in [0.4, 0.5) is 4.79 Å². The number of hydrogen-bond acceptors (Lipinski definition) is 8. The lowest BCUT2D eigenvalue weighted by atomic mass is 9.91. The first-order valence-electron chi connectivity index (χ1n) is 12.1. The molecule has 0 spiro atoms. The number of methoxy groups -OCH3 is 1. The molecule has 198 valence electrons. The molecule has 3 N–H and O–H groups in total. The molecule has 3 amide bonds. The molecule has 2 aliphatic rings. The Hall–Kier alpha value is -3.93. The fourth-order valence-corrected chi connectivity index (χ4v) is 4.72. The van der Waals surface area contributed by atoms with Crippen LogP contribution in [0, 0.1) is 0 Å². The van der Waals surface area contributed by atoms with Gasteiger partial charge in [0.1, 0.15) is 11.9 Å². The largest absolute Gasteiger partial charge is 0.494 e. The number of primary amides is 1. The topological polar surface area (TPSA) is 165 Å². The minimum Gasteiger partial charge on any atom is -0.494 e. The van der Waals surface area contributed by atoms with Gasteiger partial charge in [-0.1, -0.05) is 6.07 Å². The van der Waals surface area contributed by atoms with E-state index in [1.54, 1.807) is 30.0 Å². The van der Waals surface area contributed by atoms with Gasteiger partial charge < -0.3 is 34.9 Å². The van der Waals surface area contributed by atoms with Gasteiger partial charge >= 0.3 is 12.1 Å².